The van der Waals surface area contributed by atoms with Crippen molar-refractivity contribution in [1.29, 1.82) is 0 Å². The summed E-state index contributed by atoms with van der Waals surface area (Å²) in [4.78, 5) is 0. The van der Waals surface area contributed by atoms with Crippen LogP contribution in [-0.2, 0) is 0 Å². The van der Waals surface area contributed by atoms with E-state index in [1.165, 1.54) is 0 Å². The Kier molecular flexibility index (Phi) is 8.61. The van der Waals surface area contributed by atoms with Gasteiger partial charge in [0.2, 0.25) is 0 Å². The Morgan fingerprint density at radius 1 is 1.00 bits per heavy atom. The number of rotatable bonds is 10. The van der Waals surface area contributed by atoms with E-state index in [2.05, 4.69) is 6.92 Å². The molecule has 0 aliphatic carbocycles. The van der Waals surface area contributed by atoms with Crippen LogP contribution in [0.3, 0.4) is 0 Å². The number of hydrogen-bond donors (Lipinski definition) is 2. The van der Waals surface area contributed by atoms with E-state index in [1.54, 1.807) is 0 Å². The summed E-state index contributed by atoms with van der Waals surface area (Å²) in [5.74, 6) is 2.07. The molecule has 0 saturated heterocycles. The molecule has 0 aliphatic rings. The largest absolute Gasteiger partial charge is 0.490 e. The Hall–Kier alpha value is -0.970. The third-order valence-electron chi connectivity index (χ3n) is 3.88. The number of nitrogens with two attached hydrogens (primary N) is 2. The van der Waals surface area contributed by atoms with Crippen LogP contribution in [0.2, 0.25) is 5.02 Å². The molecule has 22 heavy (non-hydrogen) atoms. The van der Waals surface area contributed by atoms with Crippen LogP contribution in [0.25, 0.3) is 0 Å². The Bertz CT molecular complexity index is 451. The Morgan fingerprint density at radius 2 is 1.55 bits per heavy atom. The molecule has 0 aliphatic heterocycles. The molecule has 0 amide bonds. The predicted molar refractivity (Wildman–Crippen MR) is 93.0 cm³/mol. The van der Waals surface area contributed by atoms with Gasteiger partial charge in [0.25, 0.3) is 0 Å². The quantitative estimate of drug-likeness (QED) is 0.689. The van der Waals surface area contributed by atoms with Crippen molar-refractivity contribution in [3.05, 3.63) is 22.7 Å². The van der Waals surface area contributed by atoms with Gasteiger partial charge in [0.05, 0.1) is 13.2 Å². The highest BCUT2D eigenvalue weighted by atomic mass is 35.5. The lowest BCUT2D eigenvalue weighted by Crippen LogP contribution is -2.25. The van der Waals surface area contributed by atoms with Gasteiger partial charge in [0, 0.05) is 11.1 Å². The fourth-order valence-electron chi connectivity index (χ4n) is 2.60. The van der Waals surface area contributed by atoms with Crippen molar-refractivity contribution >= 4 is 11.6 Å². The number of hydrogen-bond acceptors (Lipinski definition) is 4. The highest BCUT2D eigenvalue weighted by Gasteiger charge is 2.20. The lowest BCUT2D eigenvalue weighted by atomic mass is 9.86. The lowest BCUT2D eigenvalue weighted by Gasteiger charge is -2.23. The van der Waals surface area contributed by atoms with Crippen molar-refractivity contribution in [2.75, 3.05) is 26.3 Å². The predicted octanol–water partition coefficient (Wildman–Crippen LogP) is 3.55. The van der Waals surface area contributed by atoms with Gasteiger partial charge in [-0.1, -0.05) is 18.5 Å². The Labute approximate surface area is 139 Å². The standard InChI is InChI=1S/C17H29ClN2O2/c1-4-13(7-12(10-19)11-20)14-8-16(21-5-2)17(22-6-3)9-15(14)18/h8-9,12-13H,4-7,10-11,19-20H2,1-3H3. The van der Waals surface area contributed by atoms with Crippen LogP contribution < -0.4 is 20.9 Å². The number of halogens is 1. The molecule has 1 unspecified atom stereocenters. The van der Waals surface area contributed by atoms with E-state index in [9.17, 15) is 0 Å². The van der Waals surface area contributed by atoms with Crippen LogP contribution in [0.4, 0.5) is 0 Å². The van der Waals surface area contributed by atoms with E-state index >= 15 is 0 Å². The fourth-order valence-corrected chi connectivity index (χ4v) is 2.91. The summed E-state index contributed by atoms with van der Waals surface area (Å²) >= 11 is 6.48. The second kappa shape index (κ2) is 9.93. The van der Waals surface area contributed by atoms with Gasteiger partial charge in [-0.15, -0.1) is 0 Å². The summed E-state index contributed by atoms with van der Waals surface area (Å²) in [6.07, 6.45) is 1.92. The van der Waals surface area contributed by atoms with Crippen LogP contribution in [0, 0.1) is 5.92 Å². The van der Waals surface area contributed by atoms with Crippen molar-refractivity contribution in [3.63, 3.8) is 0 Å². The third-order valence-corrected chi connectivity index (χ3v) is 4.21. The lowest BCUT2D eigenvalue weighted by molar-refractivity contribution is 0.287. The average Bonchev–Trinajstić information content (AvgIpc) is 2.52. The first kappa shape index (κ1) is 19.1. The van der Waals surface area contributed by atoms with Gasteiger partial charge < -0.3 is 20.9 Å². The first-order chi connectivity index (χ1) is 10.6. The van der Waals surface area contributed by atoms with Crippen LogP contribution in [-0.4, -0.2) is 26.3 Å². The maximum absolute atomic E-state index is 6.48. The Balaban J connectivity index is 3.12. The molecule has 0 saturated carbocycles. The van der Waals surface area contributed by atoms with E-state index < -0.39 is 0 Å². The van der Waals surface area contributed by atoms with Gasteiger partial charge >= 0.3 is 0 Å². The molecule has 0 radical (unpaired) electrons. The molecular formula is C17H29ClN2O2. The molecule has 0 fully saturated rings. The topological polar surface area (TPSA) is 70.5 Å². The summed E-state index contributed by atoms with van der Waals surface area (Å²) in [6, 6.07) is 3.86. The van der Waals surface area contributed by atoms with Crippen molar-refractivity contribution < 1.29 is 9.47 Å². The zero-order valence-corrected chi connectivity index (χ0v) is 14.7. The third kappa shape index (κ3) is 5.04. The van der Waals surface area contributed by atoms with Crippen molar-refractivity contribution in [2.45, 2.75) is 39.5 Å². The van der Waals surface area contributed by atoms with Crippen molar-refractivity contribution in [3.8, 4) is 11.5 Å². The SMILES string of the molecule is CCOc1cc(Cl)c(C(CC)CC(CN)CN)cc1OCC. The molecule has 0 heterocycles. The normalized spacial score (nSPS) is 12.5. The van der Waals surface area contributed by atoms with Crippen molar-refractivity contribution in [1.82, 2.24) is 0 Å². The number of benzene rings is 1. The Morgan fingerprint density at radius 3 is 2.00 bits per heavy atom. The minimum atomic E-state index is 0.308. The van der Waals surface area contributed by atoms with Gasteiger partial charge in [-0.25, -0.2) is 0 Å². The summed E-state index contributed by atoms with van der Waals surface area (Å²) < 4.78 is 11.3. The second-order valence-electron chi connectivity index (χ2n) is 5.36. The zero-order chi connectivity index (χ0) is 16.5. The summed E-state index contributed by atoms with van der Waals surface area (Å²) in [5.41, 5.74) is 12.7. The van der Waals surface area contributed by atoms with Gasteiger partial charge in [0.1, 0.15) is 0 Å². The molecule has 1 aromatic carbocycles. The zero-order valence-electron chi connectivity index (χ0n) is 13.9. The van der Waals surface area contributed by atoms with Crippen LogP contribution in [0.15, 0.2) is 12.1 Å². The summed E-state index contributed by atoms with van der Waals surface area (Å²) in [7, 11) is 0. The van der Waals surface area contributed by atoms with Gasteiger partial charge in [-0.05, 0) is 63.2 Å². The van der Waals surface area contributed by atoms with E-state index in [0.717, 1.165) is 24.2 Å². The number of ether oxygens (including phenoxy) is 2. The highest BCUT2D eigenvalue weighted by Crippen LogP contribution is 2.39. The summed E-state index contributed by atoms with van der Waals surface area (Å²) in [5, 5.41) is 0.714. The molecule has 0 spiro atoms. The first-order valence-electron chi connectivity index (χ1n) is 8.10. The van der Waals surface area contributed by atoms with E-state index in [0.29, 0.717) is 48.9 Å². The molecule has 4 nitrogen and oxygen atoms in total. The molecule has 1 aromatic rings. The molecule has 1 atom stereocenters. The molecular weight excluding hydrogens is 300 g/mol. The van der Waals surface area contributed by atoms with E-state index in [4.69, 9.17) is 32.5 Å². The van der Waals surface area contributed by atoms with Gasteiger partial charge in [-0.2, -0.15) is 0 Å². The second-order valence-corrected chi connectivity index (χ2v) is 5.77. The monoisotopic (exact) mass is 328 g/mol. The average molecular weight is 329 g/mol. The minimum Gasteiger partial charge on any atom is -0.490 e. The molecule has 4 N–H and O–H groups in total. The van der Waals surface area contributed by atoms with Gasteiger partial charge in [-0.3, -0.25) is 0 Å². The fraction of sp³-hybridized carbons (Fsp3) is 0.647. The van der Waals surface area contributed by atoms with Gasteiger partial charge in [0.15, 0.2) is 11.5 Å². The van der Waals surface area contributed by atoms with Crippen LogP contribution >= 0.6 is 11.6 Å². The van der Waals surface area contributed by atoms with Crippen LogP contribution in [0.5, 0.6) is 11.5 Å². The smallest absolute Gasteiger partial charge is 0.162 e. The van der Waals surface area contributed by atoms with Crippen LogP contribution in [0.1, 0.15) is 45.1 Å². The van der Waals surface area contributed by atoms with E-state index in [1.807, 2.05) is 26.0 Å². The highest BCUT2D eigenvalue weighted by molar-refractivity contribution is 6.31. The molecule has 126 valence electrons. The molecule has 0 bridgehead atoms. The maximum atomic E-state index is 6.48. The molecule has 5 heteroatoms. The molecule has 1 rings (SSSR count). The molecule has 0 aromatic heterocycles. The maximum Gasteiger partial charge on any atom is 0.162 e. The first-order valence-corrected chi connectivity index (χ1v) is 8.47. The van der Waals surface area contributed by atoms with Crippen molar-refractivity contribution in [2.24, 2.45) is 17.4 Å². The van der Waals surface area contributed by atoms with E-state index in [-0.39, 0.29) is 0 Å². The summed E-state index contributed by atoms with van der Waals surface area (Å²) in [6.45, 7) is 8.42. The minimum absolute atomic E-state index is 0.308.